The van der Waals surface area contributed by atoms with Gasteiger partial charge in [-0.2, -0.15) is 0 Å². The van der Waals surface area contributed by atoms with E-state index in [9.17, 15) is 9.59 Å². The molecular formula is C21H27Cl3N4O3. The second kappa shape index (κ2) is 14.0. The average Bonchev–Trinajstić information content (AvgIpc) is 2.75. The van der Waals surface area contributed by atoms with Crippen molar-refractivity contribution in [2.45, 2.75) is 19.8 Å². The molecule has 0 spiro atoms. The van der Waals surface area contributed by atoms with Crippen molar-refractivity contribution in [3.05, 3.63) is 57.5 Å². The van der Waals surface area contributed by atoms with Gasteiger partial charge in [-0.15, -0.1) is 0 Å². The van der Waals surface area contributed by atoms with Crippen molar-refractivity contribution in [3.8, 4) is 0 Å². The van der Waals surface area contributed by atoms with Crippen molar-refractivity contribution in [2.75, 3.05) is 38.4 Å². The Morgan fingerprint density at radius 3 is 2.03 bits per heavy atom. The highest BCUT2D eigenvalue weighted by Crippen LogP contribution is 2.25. The summed E-state index contributed by atoms with van der Waals surface area (Å²) >= 11 is 17.3. The zero-order chi connectivity index (χ0) is 23.4. The van der Waals surface area contributed by atoms with Crippen molar-refractivity contribution in [2.24, 2.45) is 0 Å². The van der Waals surface area contributed by atoms with Crippen LogP contribution >= 0.6 is 34.8 Å². The first kappa shape index (κ1) is 26.8. The SMILES string of the molecule is CCCCN(C)C(=O)Nc1ccc(Cl)c(Cl)c1.CON(C)C(=O)Nc1ccc(Cl)cc1. The predicted octanol–water partition coefficient (Wildman–Crippen LogP) is 6.62. The lowest BCUT2D eigenvalue weighted by molar-refractivity contribution is -0.0598. The van der Waals surface area contributed by atoms with E-state index in [1.165, 1.54) is 14.2 Å². The van der Waals surface area contributed by atoms with Gasteiger partial charge >= 0.3 is 12.1 Å². The van der Waals surface area contributed by atoms with Gasteiger partial charge in [0.05, 0.1) is 17.2 Å². The molecule has 0 saturated carbocycles. The molecule has 0 saturated heterocycles. The van der Waals surface area contributed by atoms with Crippen molar-refractivity contribution >= 4 is 58.2 Å². The van der Waals surface area contributed by atoms with Gasteiger partial charge in [0.1, 0.15) is 0 Å². The van der Waals surface area contributed by atoms with Gasteiger partial charge < -0.3 is 15.5 Å². The Morgan fingerprint density at radius 1 is 0.903 bits per heavy atom. The monoisotopic (exact) mass is 488 g/mol. The summed E-state index contributed by atoms with van der Waals surface area (Å²) in [4.78, 5) is 29.4. The van der Waals surface area contributed by atoms with Crippen molar-refractivity contribution in [1.82, 2.24) is 9.96 Å². The van der Waals surface area contributed by atoms with Crippen molar-refractivity contribution < 1.29 is 14.4 Å². The first-order chi connectivity index (χ1) is 14.7. The number of hydrogen-bond acceptors (Lipinski definition) is 3. The van der Waals surface area contributed by atoms with Gasteiger partial charge in [-0.25, -0.2) is 14.7 Å². The summed E-state index contributed by atoms with van der Waals surface area (Å²) in [5.41, 5.74) is 1.32. The van der Waals surface area contributed by atoms with Crippen LogP contribution in [0.5, 0.6) is 0 Å². The standard InChI is InChI=1S/C12H16Cl2N2O.C9H11ClN2O2/c1-3-4-7-16(2)12(17)15-9-5-6-10(13)11(14)8-9;1-12(14-2)9(13)11-8-5-3-7(10)4-6-8/h5-6,8H,3-4,7H2,1-2H3,(H,15,17);3-6H,1-2H3,(H,11,13). The van der Waals surface area contributed by atoms with Crippen LogP contribution in [0.3, 0.4) is 0 Å². The number of rotatable bonds is 6. The normalized spacial score (nSPS) is 9.90. The van der Waals surface area contributed by atoms with Gasteiger partial charge in [-0.1, -0.05) is 48.1 Å². The molecule has 0 radical (unpaired) electrons. The molecule has 0 aromatic heterocycles. The summed E-state index contributed by atoms with van der Waals surface area (Å²) in [6.45, 7) is 2.83. The highest BCUT2D eigenvalue weighted by atomic mass is 35.5. The molecule has 2 N–H and O–H groups in total. The molecule has 0 heterocycles. The minimum atomic E-state index is -0.338. The highest BCUT2D eigenvalue weighted by Gasteiger charge is 2.09. The van der Waals surface area contributed by atoms with E-state index in [2.05, 4.69) is 17.6 Å². The number of hydrogen-bond donors (Lipinski definition) is 2. The molecule has 31 heavy (non-hydrogen) atoms. The van der Waals surface area contributed by atoms with E-state index in [-0.39, 0.29) is 12.1 Å². The fourth-order valence-electron chi connectivity index (χ4n) is 2.11. The fraction of sp³-hybridized carbons (Fsp3) is 0.333. The average molecular weight is 490 g/mol. The van der Waals surface area contributed by atoms with Gasteiger partial charge in [0.15, 0.2) is 0 Å². The van der Waals surface area contributed by atoms with Gasteiger partial charge in [-0.3, -0.25) is 4.84 Å². The molecule has 0 atom stereocenters. The Labute approximate surface area is 198 Å². The lowest BCUT2D eigenvalue weighted by Gasteiger charge is -2.17. The van der Waals surface area contributed by atoms with Crippen LogP contribution in [0.25, 0.3) is 0 Å². The number of hydroxylamine groups is 2. The number of carbonyl (C=O) groups is 2. The third-order valence-corrected chi connectivity index (χ3v) is 5.01. The summed E-state index contributed by atoms with van der Waals surface area (Å²) in [7, 11) is 4.70. The second-order valence-corrected chi connectivity index (χ2v) is 7.70. The highest BCUT2D eigenvalue weighted by molar-refractivity contribution is 6.42. The Balaban J connectivity index is 0.000000316. The zero-order valence-electron chi connectivity index (χ0n) is 17.9. The van der Waals surface area contributed by atoms with E-state index in [4.69, 9.17) is 39.6 Å². The third-order valence-electron chi connectivity index (χ3n) is 4.02. The summed E-state index contributed by atoms with van der Waals surface area (Å²) in [5.74, 6) is 0. The molecule has 2 aromatic carbocycles. The maximum Gasteiger partial charge on any atom is 0.345 e. The molecule has 2 rings (SSSR count). The van der Waals surface area contributed by atoms with Gasteiger partial charge in [0.2, 0.25) is 0 Å². The molecule has 0 aliphatic rings. The van der Waals surface area contributed by atoms with Crippen molar-refractivity contribution in [3.63, 3.8) is 0 Å². The van der Waals surface area contributed by atoms with Crippen LogP contribution in [0, 0.1) is 0 Å². The minimum absolute atomic E-state index is 0.142. The Bertz CT molecular complexity index is 850. The van der Waals surface area contributed by atoms with E-state index in [0.717, 1.165) is 24.4 Å². The minimum Gasteiger partial charge on any atom is -0.328 e. The lowest BCUT2D eigenvalue weighted by atomic mass is 10.3. The first-order valence-corrected chi connectivity index (χ1v) is 10.6. The molecule has 0 fully saturated rings. The topological polar surface area (TPSA) is 73.9 Å². The Morgan fingerprint density at radius 2 is 1.48 bits per heavy atom. The second-order valence-electron chi connectivity index (χ2n) is 6.45. The number of amides is 4. The molecule has 10 heteroatoms. The fourth-order valence-corrected chi connectivity index (χ4v) is 2.53. The number of benzene rings is 2. The molecule has 7 nitrogen and oxygen atoms in total. The van der Waals surface area contributed by atoms with Crippen molar-refractivity contribution in [1.29, 1.82) is 0 Å². The molecule has 0 bridgehead atoms. The Hall–Kier alpha value is -2.19. The molecular weight excluding hydrogens is 463 g/mol. The van der Waals surface area contributed by atoms with Gasteiger partial charge in [0, 0.05) is 37.0 Å². The molecule has 0 unspecified atom stereocenters. The molecule has 2 aromatic rings. The van der Waals surface area contributed by atoms with Crippen LogP contribution in [0.2, 0.25) is 15.1 Å². The maximum absolute atomic E-state index is 11.8. The van der Waals surface area contributed by atoms with E-state index in [0.29, 0.717) is 26.4 Å². The number of urea groups is 2. The number of halogens is 3. The number of nitrogens with zero attached hydrogens (tertiary/aromatic N) is 2. The summed E-state index contributed by atoms with van der Waals surface area (Å²) < 4.78 is 0. The quantitative estimate of drug-likeness (QED) is 0.448. The van der Waals surface area contributed by atoms with Crippen LogP contribution < -0.4 is 10.6 Å². The van der Waals surface area contributed by atoms with E-state index in [1.807, 2.05) is 0 Å². The predicted molar refractivity (Wildman–Crippen MR) is 128 cm³/mol. The summed E-state index contributed by atoms with van der Waals surface area (Å²) in [6.07, 6.45) is 2.05. The lowest BCUT2D eigenvalue weighted by Crippen LogP contribution is -2.32. The largest absolute Gasteiger partial charge is 0.345 e. The molecule has 0 aliphatic carbocycles. The zero-order valence-corrected chi connectivity index (χ0v) is 20.2. The van der Waals surface area contributed by atoms with Crippen LogP contribution in [0.1, 0.15) is 19.8 Å². The Kier molecular flexibility index (Phi) is 12.1. The molecule has 170 valence electrons. The third kappa shape index (κ3) is 10.1. The van der Waals surface area contributed by atoms with E-state index in [1.54, 1.807) is 54.4 Å². The number of nitrogens with one attached hydrogen (secondary N) is 2. The van der Waals surface area contributed by atoms with E-state index < -0.39 is 0 Å². The van der Waals surface area contributed by atoms with Crippen LogP contribution in [0.15, 0.2) is 42.5 Å². The van der Waals surface area contributed by atoms with Crippen LogP contribution in [-0.4, -0.2) is 49.8 Å². The number of anilines is 2. The summed E-state index contributed by atoms with van der Waals surface area (Å²) in [6, 6.07) is 11.4. The number of carbonyl (C=O) groups excluding carboxylic acids is 2. The smallest absolute Gasteiger partial charge is 0.328 e. The summed E-state index contributed by atoms with van der Waals surface area (Å²) in [5, 5.41) is 8.01. The van der Waals surface area contributed by atoms with E-state index >= 15 is 0 Å². The van der Waals surface area contributed by atoms with Gasteiger partial charge in [0.25, 0.3) is 0 Å². The van der Waals surface area contributed by atoms with Gasteiger partial charge in [-0.05, 0) is 48.9 Å². The van der Waals surface area contributed by atoms with Crippen LogP contribution in [-0.2, 0) is 4.84 Å². The number of unbranched alkanes of at least 4 members (excludes halogenated alkanes) is 1. The molecule has 0 aliphatic heterocycles. The maximum atomic E-state index is 11.8. The van der Waals surface area contributed by atoms with Crippen LogP contribution in [0.4, 0.5) is 21.0 Å². The first-order valence-electron chi connectivity index (χ1n) is 9.49. The molecule has 4 amide bonds.